The number of likely N-dealkylation sites (N-methyl/N-ethyl adjacent to an activating group) is 1. The fraction of sp³-hybridized carbons (Fsp3) is 0.857. The van der Waals surface area contributed by atoms with Crippen LogP contribution in [0.5, 0.6) is 0 Å². The smallest absolute Gasteiger partial charge is 0.126 e. The van der Waals surface area contributed by atoms with Gasteiger partial charge < -0.3 is 9.84 Å². The molecule has 1 saturated heterocycles. The van der Waals surface area contributed by atoms with Crippen molar-refractivity contribution in [2.45, 2.75) is 51.2 Å². The van der Waals surface area contributed by atoms with Crippen LogP contribution in [0.4, 0.5) is 0 Å². The van der Waals surface area contributed by atoms with Gasteiger partial charge in [0, 0.05) is 6.54 Å². The Balaban J connectivity index is 2.51. The molecule has 17 heavy (non-hydrogen) atoms. The third-order valence-electron chi connectivity index (χ3n) is 3.12. The molecule has 1 aliphatic rings. The summed E-state index contributed by atoms with van der Waals surface area (Å²) >= 11 is 0. The average Bonchev–Trinajstić information content (AvgIpc) is 2.15. The second kappa shape index (κ2) is 5.86. The van der Waals surface area contributed by atoms with Crippen LogP contribution in [0.2, 0.25) is 0 Å². The first kappa shape index (κ1) is 14.5. The molecule has 1 rings (SSSR count). The van der Waals surface area contributed by atoms with Gasteiger partial charge in [-0.2, -0.15) is 0 Å². The van der Waals surface area contributed by atoms with Gasteiger partial charge in [0.25, 0.3) is 0 Å². The number of aliphatic hydroxyl groups excluding tert-OH is 1. The van der Waals surface area contributed by atoms with E-state index in [-0.39, 0.29) is 17.8 Å². The summed E-state index contributed by atoms with van der Waals surface area (Å²) in [4.78, 5) is 2.00. The van der Waals surface area contributed by atoms with Crippen LogP contribution in [0.1, 0.15) is 40.0 Å². The van der Waals surface area contributed by atoms with Gasteiger partial charge in [0.05, 0.1) is 18.8 Å². The van der Waals surface area contributed by atoms with Crippen LogP contribution < -0.4 is 0 Å². The van der Waals surface area contributed by atoms with Gasteiger partial charge in [-0.1, -0.05) is 11.8 Å². The Morgan fingerprint density at radius 3 is 2.59 bits per heavy atom. The summed E-state index contributed by atoms with van der Waals surface area (Å²) in [5, 5.41) is 8.79. The van der Waals surface area contributed by atoms with E-state index in [1.54, 1.807) is 0 Å². The van der Waals surface area contributed by atoms with Crippen LogP contribution in [0, 0.1) is 11.8 Å². The maximum atomic E-state index is 8.79. The summed E-state index contributed by atoms with van der Waals surface area (Å²) in [5.41, 5.74) is -0.361. The molecule has 1 unspecified atom stereocenters. The van der Waals surface area contributed by atoms with E-state index < -0.39 is 0 Å². The van der Waals surface area contributed by atoms with E-state index in [1.807, 2.05) is 11.9 Å². The number of hydrogen-bond donors (Lipinski definition) is 1. The van der Waals surface area contributed by atoms with E-state index in [0.29, 0.717) is 13.1 Å². The Bertz CT molecular complexity index is 303. The lowest BCUT2D eigenvalue weighted by Gasteiger charge is -2.40. The molecule has 0 bridgehead atoms. The zero-order valence-electron chi connectivity index (χ0n) is 11.5. The largest absolute Gasteiger partial charge is 0.395 e. The van der Waals surface area contributed by atoms with E-state index in [1.165, 1.54) is 6.42 Å². The van der Waals surface area contributed by atoms with Crippen molar-refractivity contribution in [3.8, 4) is 11.8 Å². The van der Waals surface area contributed by atoms with Crippen molar-refractivity contribution >= 4 is 0 Å². The van der Waals surface area contributed by atoms with Crippen molar-refractivity contribution in [1.29, 1.82) is 0 Å². The maximum absolute atomic E-state index is 8.79. The van der Waals surface area contributed by atoms with E-state index in [0.717, 1.165) is 12.8 Å². The van der Waals surface area contributed by atoms with Crippen molar-refractivity contribution < 1.29 is 9.84 Å². The molecule has 0 aromatic rings. The van der Waals surface area contributed by atoms with Gasteiger partial charge in [0.1, 0.15) is 5.60 Å². The molecule has 1 heterocycles. The molecule has 0 radical (unpaired) electrons. The van der Waals surface area contributed by atoms with E-state index in [2.05, 4.69) is 32.6 Å². The molecule has 98 valence electrons. The summed E-state index contributed by atoms with van der Waals surface area (Å²) in [6.45, 7) is 7.86. The molecular weight excluding hydrogens is 214 g/mol. The molecule has 1 aliphatic heterocycles. The van der Waals surface area contributed by atoms with Gasteiger partial charge in [-0.25, -0.2) is 0 Å². The fourth-order valence-corrected chi connectivity index (χ4v) is 2.26. The van der Waals surface area contributed by atoms with Crippen LogP contribution >= 0.6 is 0 Å². The summed E-state index contributed by atoms with van der Waals surface area (Å²) < 4.78 is 6.06. The van der Waals surface area contributed by atoms with E-state index in [9.17, 15) is 0 Å². The molecule has 0 amide bonds. The number of ether oxygens (including phenoxy) is 1. The Morgan fingerprint density at radius 1 is 1.29 bits per heavy atom. The SMILES string of the molecule is CN(CC#CC1(C)CCCC(C)(C)O1)CCO. The standard InChI is InChI=1S/C14H25NO2/c1-13(2)7-5-8-14(3,17-13)9-6-10-15(4)11-12-16/h16H,5,7-8,10-12H2,1-4H3. The predicted molar refractivity (Wildman–Crippen MR) is 69.8 cm³/mol. The van der Waals surface area contributed by atoms with Gasteiger partial charge in [0.2, 0.25) is 0 Å². The molecule has 1 N–H and O–H groups in total. The van der Waals surface area contributed by atoms with Crippen LogP contribution in [-0.4, -0.2) is 48.0 Å². The maximum Gasteiger partial charge on any atom is 0.126 e. The molecule has 1 atom stereocenters. The Labute approximate surface area is 105 Å². The molecular formula is C14H25NO2. The summed E-state index contributed by atoms with van der Waals surface area (Å²) in [6.07, 6.45) is 3.28. The minimum atomic E-state index is -0.304. The van der Waals surface area contributed by atoms with Crippen molar-refractivity contribution in [3.05, 3.63) is 0 Å². The van der Waals surface area contributed by atoms with Crippen LogP contribution in [0.3, 0.4) is 0 Å². The third kappa shape index (κ3) is 5.08. The molecule has 3 heteroatoms. The monoisotopic (exact) mass is 239 g/mol. The zero-order valence-corrected chi connectivity index (χ0v) is 11.5. The molecule has 0 aromatic carbocycles. The highest BCUT2D eigenvalue weighted by molar-refractivity contribution is 5.15. The first-order valence-electron chi connectivity index (χ1n) is 6.36. The van der Waals surface area contributed by atoms with Gasteiger partial charge >= 0.3 is 0 Å². The van der Waals surface area contributed by atoms with E-state index in [4.69, 9.17) is 9.84 Å². The second-order valence-corrected chi connectivity index (χ2v) is 5.71. The van der Waals surface area contributed by atoms with Crippen molar-refractivity contribution in [2.75, 3.05) is 26.7 Å². The lowest BCUT2D eigenvalue weighted by atomic mass is 9.88. The van der Waals surface area contributed by atoms with Crippen molar-refractivity contribution in [3.63, 3.8) is 0 Å². The minimum Gasteiger partial charge on any atom is -0.395 e. The Hall–Kier alpha value is -0.560. The normalized spacial score (nSPS) is 27.6. The van der Waals surface area contributed by atoms with Crippen LogP contribution in [0.15, 0.2) is 0 Å². The number of hydrogen-bond acceptors (Lipinski definition) is 3. The van der Waals surface area contributed by atoms with Gasteiger partial charge in [-0.3, -0.25) is 4.90 Å². The highest BCUT2D eigenvalue weighted by atomic mass is 16.5. The number of nitrogens with zero attached hydrogens (tertiary/aromatic N) is 1. The lowest BCUT2D eigenvalue weighted by Crippen LogP contribution is -2.42. The number of aliphatic hydroxyl groups is 1. The van der Waals surface area contributed by atoms with Gasteiger partial charge in [-0.05, 0) is 47.1 Å². The third-order valence-corrected chi connectivity index (χ3v) is 3.12. The molecule has 0 spiro atoms. The molecule has 0 aromatic heterocycles. The fourth-order valence-electron chi connectivity index (χ4n) is 2.26. The Kier molecular flexibility index (Phi) is 5.00. The second-order valence-electron chi connectivity index (χ2n) is 5.71. The Morgan fingerprint density at radius 2 is 2.00 bits per heavy atom. The highest BCUT2D eigenvalue weighted by Gasteiger charge is 2.35. The van der Waals surface area contributed by atoms with E-state index >= 15 is 0 Å². The number of rotatable bonds is 3. The van der Waals surface area contributed by atoms with Gasteiger partial charge in [0.15, 0.2) is 0 Å². The summed E-state index contributed by atoms with van der Waals surface area (Å²) in [7, 11) is 1.96. The summed E-state index contributed by atoms with van der Waals surface area (Å²) in [6, 6.07) is 0. The highest BCUT2D eigenvalue weighted by Crippen LogP contribution is 2.34. The quantitative estimate of drug-likeness (QED) is 0.760. The van der Waals surface area contributed by atoms with Crippen molar-refractivity contribution in [1.82, 2.24) is 4.90 Å². The molecule has 1 fully saturated rings. The van der Waals surface area contributed by atoms with Crippen LogP contribution in [0.25, 0.3) is 0 Å². The average molecular weight is 239 g/mol. The van der Waals surface area contributed by atoms with Gasteiger partial charge in [-0.15, -0.1) is 0 Å². The lowest BCUT2D eigenvalue weighted by molar-refractivity contribution is -0.135. The van der Waals surface area contributed by atoms with Crippen molar-refractivity contribution in [2.24, 2.45) is 0 Å². The topological polar surface area (TPSA) is 32.7 Å². The molecule has 3 nitrogen and oxygen atoms in total. The van der Waals surface area contributed by atoms with Crippen LogP contribution in [-0.2, 0) is 4.74 Å². The first-order chi connectivity index (χ1) is 7.87. The first-order valence-corrected chi connectivity index (χ1v) is 6.36. The minimum absolute atomic E-state index is 0.0569. The predicted octanol–water partition coefficient (Wildman–Crippen LogP) is 1.65. The molecule has 0 saturated carbocycles. The summed E-state index contributed by atoms with van der Waals surface area (Å²) in [5.74, 6) is 6.41. The molecule has 0 aliphatic carbocycles. The zero-order chi connectivity index (χ0) is 12.9.